The zero-order valence-corrected chi connectivity index (χ0v) is 19.7. The summed E-state index contributed by atoms with van der Waals surface area (Å²) in [6.07, 6.45) is 4.58. The van der Waals surface area contributed by atoms with E-state index in [-0.39, 0.29) is 5.91 Å². The van der Waals surface area contributed by atoms with Crippen LogP contribution in [0.5, 0.6) is 0 Å². The van der Waals surface area contributed by atoms with Crippen molar-refractivity contribution in [1.29, 1.82) is 0 Å². The van der Waals surface area contributed by atoms with Gasteiger partial charge in [0.2, 0.25) is 5.91 Å². The van der Waals surface area contributed by atoms with E-state index in [1.807, 2.05) is 48.7 Å². The summed E-state index contributed by atoms with van der Waals surface area (Å²) >= 11 is 0. The lowest BCUT2D eigenvalue weighted by Crippen LogP contribution is -2.22. The van der Waals surface area contributed by atoms with Gasteiger partial charge in [0.15, 0.2) is 0 Å². The molecule has 0 fully saturated rings. The minimum Gasteiger partial charge on any atom is -0.361 e. The fourth-order valence-electron chi connectivity index (χ4n) is 4.82. The fourth-order valence-corrected chi connectivity index (χ4v) is 4.82. The second kappa shape index (κ2) is 9.23. The van der Waals surface area contributed by atoms with Gasteiger partial charge in [-0.15, -0.1) is 0 Å². The number of rotatable bonds is 8. The van der Waals surface area contributed by atoms with Gasteiger partial charge in [-0.2, -0.15) is 0 Å². The summed E-state index contributed by atoms with van der Waals surface area (Å²) in [5.41, 5.74) is 4.31. The Balaban J connectivity index is 1.75. The third-order valence-corrected chi connectivity index (χ3v) is 6.28. The highest BCUT2D eigenvalue weighted by Crippen LogP contribution is 2.40. The van der Waals surface area contributed by atoms with Crippen molar-refractivity contribution in [3.8, 4) is 0 Å². The summed E-state index contributed by atoms with van der Waals surface area (Å²) in [5, 5.41) is 10.3. The second-order valence-electron chi connectivity index (χ2n) is 8.61. The second-order valence-corrected chi connectivity index (χ2v) is 8.61. The monoisotopic (exact) mass is 469 g/mol. The number of aryl methyl sites for hydroxylation is 1. The van der Waals surface area contributed by atoms with Gasteiger partial charge in [0.05, 0.1) is 22.4 Å². The number of para-hydroxylation sites is 1. The van der Waals surface area contributed by atoms with Gasteiger partial charge in [0.1, 0.15) is 0 Å². The van der Waals surface area contributed by atoms with Crippen LogP contribution in [0.2, 0.25) is 0 Å². The molecule has 0 radical (unpaired) electrons. The fraction of sp³-hybridized carbons (Fsp3) is 0.222. The van der Waals surface area contributed by atoms with E-state index in [0.717, 1.165) is 47.9 Å². The van der Waals surface area contributed by atoms with E-state index < -0.39 is 11.8 Å². The Labute approximate surface area is 202 Å². The van der Waals surface area contributed by atoms with Crippen molar-refractivity contribution >= 4 is 56.4 Å². The molecule has 0 spiro atoms. The molecule has 4 aromatic rings. The number of imide groups is 1. The lowest BCUT2D eigenvalue weighted by molar-refractivity contribution is -0.122. The maximum Gasteiger partial charge on any atom is 0.259 e. The zero-order chi connectivity index (χ0) is 24.5. The van der Waals surface area contributed by atoms with E-state index in [1.165, 1.54) is 6.92 Å². The molecular weight excluding hydrogens is 442 g/mol. The zero-order valence-electron chi connectivity index (χ0n) is 19.7. The summed E-state index contributed by atoms with van der Waals surface area (Å²) in [6, 6.07) is 13.3. The van der Waals surface area contributed by atoms with Crippen molar-refractivity contribution < 1.29 is 14.4 Å². The van der Waals surface area contributed by atoms with Crippen molar-refractivity contribution in [2.75, 3.05) is 18.4 Å². The largest absolute Gasteiger partial charge is 0.361 e. The van der Waals surface area contributed by atoms with Gasteiger partial charge in [0, 0.05) is 53.3 Å². The van der Waals surface area contributed by atoms with Crippen LogP contribution in [0.15, 0.2) is 54.9 Å². The van der Waals surface area contributed by atoms with Gasteiger partial charge in [-0.3, -0.25) is 19.7 Å². The molecule has 3 amide bonds. The molecule has 35 heavy (non-hydrogen) atoms. The van der Waals surface area contributed by atoms with Crippen molar-refractivity contribution in [3.63, 3.8) is 0 Å². The molecule has 0 bridgehead atoms. The first-order valence-electron chi connectivity index (χ1n) is 11.8. The van der Waals surface area contributed by atoms with E-state index in [4.69, 9.17) is 0 Å². The smallest absolute Gasteiger partial charge is 0.259 e. The average Bonchev–Trinajstić information content (AvgIpc) is 3.49. The third-order valence-electron chi connectivity index (χ3n) is 6.28. The molecule has 0 saturated heterocycles. The number of anilines is 1. The summed E-state index contributed by atoms with van der Waals surface area (Å²) in [6.45, 7) is 6.00. The Kier molecular flexibility index (Phi) is 5.96. The van der Waals surface area contributed by atoms with Crippen molar-refractivity contribution in [3.05, 3.63) is 66.0 Å². The molecule has 3 heterocycles. The van der Waals surface area contributed by atoms with Gasteiger partial charge in [-0.05, 0) is 37.7 Å². The molecule has 0 saturated carbocycles. The maximum absolute atomic E-state index is 13.2. The van der Waals surface area contributed by atoms with Gasteiger partial charge >= 0.3 is 0 Å². The van der Waals surface area contributed by atoms with Gasteiger partial charge in [-0.1, -0.05) is 31.2 Å². The molecule has 0 atom stereocenters. The Morgan fingerprint density at radius 1 is 1.00 bits per heavy atom. The van der Waals surface area contributed by atoms with Crippen LogP contribution in [0.4, 0.5) is 5.69 Å². The number of hydrogen-bond acceptors (Lipinski definition) is 4. The number of aromatic amines is 1. The topological polar surface area (TPSA) is 108 Å². The number of hydrogen-bond donors (Lipinski definition) is 4. The quantitative estimate of drug-likeness (QED) is 0.233. The predicted octanol–water partition coefficient (Wildman–Crippen LogP) is 3.65. The number of nitrogens with one attached hydrogen (secondary N) is 4. The van der Waals surface area contributed by atoms with Crippen molar-refractivity contribution in [1.82, 2.24) is 20.2 Å². The van der Waals surface area contributed by atoms with Crippen molar-refractivity contribution in [2.24, 2.45) is 0 Å². The minimum atomic E-state index is -0.445. The summed E-state index contributed by atoms with van der Waals surface area (Å²) < 4.78 is 2.09. The van der Waals surface area contributed by atoms with Crippen molar-refractivity contribution in [2.45, 2.75) is 26.8 Å². The van der Waals surface area contributed by atoms with Crippen LogP contribution in [0.25, 0.3) is 33.0 Å². The molecule has 8 nitrogen and oxygen atoms in total. The first-order valence-corrected chi connectivity index (χ1v) is 11.8. The highest BCUT2D eigenvalue weighted by molar-refractivity contribution is 6.51. The minimum absolute atomic E-state index is 0.207. The first kappa shape index (κ1) is 22.6. The maximum atomic E-state index is 13.2. The molecule has 1 aliphatic heterocycles. The standard InChI is InChI=1S/C27H27N5O3/c1-3-28-12-7-13-32-15-19(23-21(30-16(2)33)10-6-11-22(23)32)25-24(26(34)31-27(25)35)18-14-29-20-9-5-4-8-17(18)20/h4-6,8-11,14-15,28-29H,3,7,12-13H2,1-2H3,(H,30,33)(H,31,34,35). The average molecular weight is 470 g/mol. The summed E-state index contributed by atoms with van der Waals surface area (Å²) in [5.74, 6) is -1.08. The number of nitrogens with zero attached hydrogens (tertiary/aromatic N) is 1. The molecule has 8 heteroatoms. The first-order chi connectivity index (χ1) is 17.0. The number of aromatic nitrogens is 2. The van der Waals surface area contributed by atoms with Crippen LogP contribution in [0.3, 0.4) is 0 Å². The number of fused-ring (bicyclic) bond motifs is 2. The van der Waals surface area contributed by atoms with E-state index >= 15 is 0 Å². The molecule has 4 N–H and O–H groups in total. The number of carbonyl (C=O) groups is 3. The lowest BCUT2D eigenvalue weighted by atomic mass is 9.95. The Morgan fingerprint density at radius 2 is 1.77 bits per heavy atom. The molecular formula is C27H27N5O3. The molecule has 0 aliphatic carbocycles. The number of carbonyl (C=O) groups excluding carboxylic acids is 3. The Hall–Kier alpha value is -4.17. The highest BCUT2D eigenvalue weighted by atomic mass is 16.2. The van der Waals surface area contributed by atoms with E-state index in [1.54, 1.807) is 6.20 Å². The summed E-state index contributed by atoms with van der Waals surface area (Å²) in [4.78, 5) is 41.5. The third kappa shape index (κ3) is 4.02. The Bertz CT molecular complexity index is 1510. The van der Waals surface area contributed by atoms with Gasteiger partial charge in [-0.25, -0.2) is 0 Å². The molecule has 1 aliphatic rings. The molecule has 0 unspecified atom stereocenters. The molecule has 2 aromatic heterocycles. The summed E-state index contributed by atoms with van der Waals surface area (Å²) in [7, 11) is 0. The molecule has 2 aromatic carbocycles. The van der Waals surface area contributed by atoms with Crippen LogP contribution in [-0.2, 0) is 20.9 Å². The van der Waals surface area contributed by atoms with Crippen LogP contribution in [0.1, 0.15) is 31.4 Å². The molecule has 178 valence electrons. The van der Waals surface area contributed by atoms with Gasteiger partial charge < -0.3 is 20.2 Å². The number of H-pyrrole nitrogens is 1. The number of benzene rings is 2. The SMILES string of the molecule is CCNCCCn1cc(C2=C(c3c[nH]c4ccccc34)C(=O)NC2=O)c2c(NC(C)=O)cccc21. The van der Waals surface area contributed by atoms with E-state index in [0.29, 0.717) is 28.0 Å². The van der Waals surface area contributed by atoms with E-state index in [9.17, 15) is 14.4 Å². The van der Waals surface area contributed by atoms with Crippen LogP contribution < -0.4 is 16.0 Å². The molecule has 5 rings (SSSR count). The normalized spacial score (nSPS) is 13.8. The Morgan fingerprint density at radius 3 is 2.54 bits per heavy atom. The predicted molar refractivity (Wildman–Crippen MR) is 138 cm³/mol. The number of amides is 3. The van der Waals surface area contributed by atoms with E-state index in [2.05, 4.69) is 32.4 Å². The highest BCUT2D eigenvalue weighted by Gasteiger charge is 2.35. The van der Waals surface area contributed by atoms with Crippen LogP contribution >= 0.6 is 0 Å². The lowest BCUT2D eigenvalue weighted by Gasteiger charge is -2.09. The van der Waals surface area contributed by atoms with Crippen LogP contribution in [-0.4, -0.2) is 40.4 Å². The van der Waals surface area contributed by atoms with Crippen LogP contribution in [0, 0.1) is 0 Å². The van der Waals surface area contributed by atoms with Gasteiger partial charge in [0.25, 0.3) is 11.8 Å².